The van der Waals surface area contributed by atoms with Gasteiger partial charge in [0.15, 0.2) is 0 Å². The zero-order valence-electron chi connectivity index (χ0n) is 10.5. The summed E-state index contributed by atoms with van der Waals surface area (Å²) in [4.78, 5) is 12.6. The van der Waals surface area contributed by atoms with E-state index >= 15 is 0 Å². The number of H-pyrrole nitrogens is 1. The molecule has 0 aliphatic heterocycles. The van der Waals surface area contributed by atoms with E-state index in [1.807, 2.05) is 19.2 Å². The average molecular weight is 265 g/mol. The first-order chi connectivity index (χ1) is 8.63. The summed E-state index contributed by atoms with van der Waals surface area (Å²) in [5.41, 5.74) is 2.91. The molecule has 0 spiro atoms. The molecule has 0 atom stereocenters. The molecule has 96 valence electrons. The van der Waals surface area contributed by atoms with Crippen molar-refractivity contribution in [2.45, 2.75) is 20.4 Å². The van der Waals surface area contributed by atoms with Gasteiger partial charge in [-0.15, -0.1) is 11.3 Å². The van der Waals surface area contributed by atoms with Crippen molar-refractivity contribution < 1.29 is 9.53 Å². The van der Waals surface area contributed by atoms with Gasteiger partial charge in [0.2, 0.25) is 0 Å². The molecule has 0 aliphatic rings. The van der Waals surface area contributed by atoms with Crippen molar-refractivity contribution in [1.29, 1.82) is 0 Å². The maximum Gasteiger partial charge on any atom is 0.265 e. The highest BCUT2D eigenvalue weighted by molar-refractivity contribution is 7.12. The maximum atomic E-state index is 12.0. The van der Waals surface area contributed by atoms with Crippen molar-refractivity contribution in [3.63, 3.8) is 0 Å². The molecule has 2 aromatic rings. The second kappa shape index (κ2) is 5.22. The molecular formula is C12H15N3O2S. The SMILES string of the molecule is COc1ccsc1C(=O)NCc1c(C)n[nH]c1C. The van der Waals surface area contributed by atoms with E-state index in [-0.39, 0.29) is 5.91 Å². The van der Waals surface area contributed by atoms with E-state index in [1.54, 1.807) is 13.2 Å². The molecule has 2 aromatic heterocycles. The number of ether oxygens (including phenoxy) is 1. The van der Waals surface area contributed by atoms with Gasteiger partial charge < -0.3 is 10.1 Å². The number of hydrogen-bond donors (Lipinski definition) is 2. The van der Waals surface area contributed by atoms with Crippen LogP contribution in [0.3, 0.4) is 0 Å². The van der Waals surface area contributed by atoms with Crippen molar-refractivity contribution in [2.24, 2.45) is 0 Å². The van der Waals surface area contributed by atoms with Gasteiger partial charge in [-0.2, -0.15) is 5.10 Å². The zero-order chi connectivity index (χ0) is 13.1. The van der Waals surface area contributed by atoms with E-state index in [0.29, 0.717) is 17.2 Å². The fourth-order valence-corrected chi connectivity index (χ4v) is 2.48. The van der Waals surface area contributed by atoms with Crippen molar-refractivity contribution in [1.82, 2.24) is 15.5 Å². The Labute approximate surface area is 109 Å². The largest absolute Gasteiger partial charge is 0.495 e. The van der Waals surface area contributed by atoms with E-state index in [4.69, 9.17) is 4.74 Å². The maximum absolute atomic E-state index is 12.0. The van der Waals surface area contributed by atoms with Crippen LogP contribution in [-0.4, -0.2) is 23.2 Å². The Kier molecular flexibility index (Phi) is 3.66. The lowest BCUT2D eigenvalue weighted by atomic mass is 10.2. The standard InChI is InChI=1S/C12H15N3O2S/c1-7-9(8(2)15-14-7)6-13-12(16)11-10(17-3)4-5-18-11/h4-5H,6H2,1-3H3,(H,13,16)(H,14,15). The Morgan fingerprint density at radius 3 is 2.94 bits per heavy atom. The van der Waals surface area contributed by atoms with E-state index in [2.05, 4.69) is 15.5 Å². The molecular weight excluding hydrogens is 250 g/mol. The van der Waals surface area contributed by atoms with Crippen LogP contribution in [0.15, 0.2) is 11.4 Å². The summed E-state index contributed by atoms with van der Waals surface area (Å²) >= 11 is 1.37. The predicted octanol–water partition coefficient (Wildman–Crippen LogP) is 2.03. The Morgan fingerprint density at radius 2 is 2.33 bits per heavy atom. The topological polar surface area (TPSA) is 67.0 Å². The van der Waals surface area contributed by atoms with Gasteiger partial charge in [0.05, 0.1) is 12.8 Å². The number of hydrogen-bond acceptors (Lipinski definition) is 4. The third-order valence-electron chi connectivity index (χ3n) is 2.76. The van der Waals surface area contributed by atoms with E-state index < -0.39 is 0 Å². The molecule has 1 amide bonds. The highest BCUT2D eigenvalue weighted by atomic mass is 32.1. The van der Waals surface area contributed by atoms with Crippen LogP contribution >= 0.6 is 11.3 Å². The summed E-state index contributed by atoms with van der Waals surface area (Å²) in [6.07, 6.45) is 0. The molecule has 2 rings (SSSR count). The molecule has 0 aromatic carbocycles. The summed E-state index contributed by atoms with van der Waals surface area (Å²) in [6, 6.07) is 1.79. The van der Waals surface area contributed by atoms with Crippen molar-refractivity contribution in [2.75, 3.05) is 7.11 Å². The second-order valence-electron chi connectivity index (χ2n) is 3.91. The van der Waals surface area contributed by atoms with Gasteiger partial charge >= 0.3 is 0 Å². The smallest absolute Gasteiger partial charge is 0.265 e. The quantitative estimate of drug-likeness (QED) is 0.888. The lowest BCUT2D eigenvalue weighted by Crippen LogP contribution is -2.22. The van der Waals surface area contributed by atoms with Gasteiger partial charge in [0, 0.05) is 17.8 Å². The minimum atomic E-state index is -0.123. The number of carbonyl (C=O) groups is 1. The van der Waals surface area contributed by atoms with Crippen LogP contribution in [0.25, 0.3) is 0 Å². The minimum absolute atomic E-state index is 0.123. The average Bonchev–Trinajstić information content (AvgIpc) is 2.94. The van der Waals surface area contributed by atoms with Gasteiger partial charge in [-0.05, 0) is 25.3 Å². The van der Waals surface area contributed by atoms with Gasteiger partial charge in [-0.25, -0.2) is 0 Å². The third-order valence-corrected chi connectivity index (χ3v) is 3.66. The van der Waals surface area contributed by atoms with E-state index in [0.717, 1.165) is 17.0 Å². The molecule has 0 radical (unpaired) electrons. The normalized spacial score (nSPS) is 10.4. The number of thiophene rings is 1. The van der Waals surface area contributed by atoms with Crippen molar-refractivity contribution >= 4 is 17.2 Å². The van der Waals surface area contributed by atoms with Crippen LogP contribution in [0.1, 0.15) is 26.6 Å². The summed E-state index contributed by atoms with van der Waals surface area (Å²) in [7, 11) is 1.56. The van der Waals surface area contributed by atoms with Crippen LogP contribution in [0, 0.1) is 13.8 Å². The van der Waals surface area contributed by atoms with Crippen LogP contribution in [0.2, 0.25) is 0 Å². The van der Waals surface area contributed by atoms with Crippen molar-refractivity contribution in [3.05, 3.63) is 33.3 Å². The number of carbonyl (C=O) groups excluding carboxylic acids is 1. The molecule has 0 bridgehead atoms. The molecule has 0 fully saturated rings. The molecule has 5 nitrogen and oxygen atoms in total. The molecule has 2 N–H and O–H groups in total. The predicted molar refractivity (Wildman–Crippen MR) is 70.1 cm³/mol. The molecule has 18 heavy (non-hydrogen) atoms. The summed E-state index contributed by atoms with van der Waals surface area (Å²) in [6.45, 7) is 4.32. The van der Waals surface area contributed by atoms with Crippen LogP contribution in [-0.2, 0) is 6.54 Å². The van der Waals surface area contributed by atoms with Gasteiger partial charge in [0.1, 0.15) is 10.6 Å². The Morgan fingerprint density at radius 1 is 1.56 bits per heavy atom. The minimum Gasteiger partial charge on any atom is -0.495 e. The number of methoxy groups -OCH3 is 1. The summed E-state index contributed by atoms with van der Waals surface area (Å²) in [5, 5.41) is 11.7. The number of aromatic amines is 1. The molecule has 0 saturated carbocycles. The molecule has 2 heterocycles. The fraction of sp³-hybridized carbons (Fsp3) is 0.333. The van der Waals surface area contributed by atoms with E-state index in [9.17, 15) is 4.79 Å². The lowest BCUT2D eigenvalue weighted by molar-refractivity contribution is 0.0952. The van der Waals surface area contributed by atoms with Gasteiger partial charge in [0.25, 0.3) is 5.91 Å². The number of rotatable bonds is 4. The van der Waals surface area contributed by atoms with Crippen LogP contribution < -0.4 is 10.1 Å². The Balaban J connectivity index is 2.05. The zero-order valence-corrected chi connectivity index (χ0v) is 11.4. The first kappa shape index (κ1) is 12.6. The summed E-state index contributed by atoms with van der Waals surface area (Å²) < 4.78 is 5.12. The van der Waals surface area contributed by atoms with Crippen LogP contribution in [0.4, 0.5) is 0 Å². The molecule has 0 unspecified atom stereocenters. The van der Waals surface area contributed by atoms with E-state index in [1.165, 1.54) is 11.3 Å². The fourth-order valence-electron chi connectivity index (χ4n) is 1.71. The molecule has 6 heteroatoms. The number of aromatic nitrogens is 2. The highest BCUT2D eigenvalue weighted by Crippen LogP contribution is 2.24. The first-order valence-corrected chi connectivity index (χ1v) is 6.41. The number of nitrogens with one attached hydrogen (secondary N) is 2. The first-order valence-electron chi connectivity index (χ1n) is 5.53. The van der Waals surface area contributed by atoms with Crippen LogP contribution in [0.5, 0.6) is 5.75 Å². The number of aryl methyl sites for hydroxylation is 2. The molecule has 0 saturated heterocycles. The van der Waals surface area contributed by atoms with Crippen molar-refractivity contribution in [3.8, 4) is 5.75 Å². The summed E-state index contributed by atoms with van der Waals surface area (Å²) in [5.74, 6) is 0.486. The highest BCUT2D eigenvalue weighted by Gasteiger charge is 2.14. The molecule has 0 aliphatic carbocycles. The Hall–Kier alpha value is -1.82. The Bertz CT molecular complexity index is 540. The number of amides is 1. The third kappa shape index (κ3) is 2.38. The number of nitrogens with zero attached hydrogens (tertiary/aromatic N) is 1. The van der Waals surface area contributed by atoms with Gasteiger partial charge in [-0.1, -0.05) is 0 Å². The van der Waals surface area contributed by atoms with Gasteiger partial charge in [-0.3, -0.25) is 9.89 Å². The monoisotopic (exact) mass is 265 g/mol. The lowest BCUT2D eigenvalue weighted by Gasteiger charge is -2.05. The second-order valence-corrected chi connectivity index (χ2v) is 4.83.